The topological polar surface area (TPSA) is 44.8 Å². The van der Waals surface area contributed by atoms with Gasteiger partial charge >= 0.3 is 5.97 Å². The van der Waals surface area contributed by atoms with Gasteiger partial charge in [-0.25, -0.2) is 4.79 Å². The second-order valence-corrected chi connectivity index (χ2v) is 4.53. The standard InChI is InChI=1S/C17H14O4/c1-19-14-9-5-6-11(16(14)20-2)10-15-12-7-3-4-8-13(12)17(18)21-15/h3-10H,1-2H3/b15-10+. The molecular formula is C17H14O4. The third-order valence-corrected chi connectivity index (χ3v) is 3.34. The van der Waals surface area contributed by atoms with E-state index in [-0.39, 0.29) is 5.97 Å². The van der Waals surface area contributed by atoms with E-state index in [4.69, 9.17) is 14.2 Å². The second kappa shape index (κ2) is 5.32. The summed E-state index contributed by atoms with van der Waals surface area (Å²) in [5.41, 5.74) is 2.15. The van der Waals surface area contributed by atoms with E-state index in [0.29, 0.717) is 22.8 Å². The van der Waals surface area contributed by atoms with Crippen LogP contribution in [-0.2, 0) is 4.74 Å². The predicted molar refractivity (Wildman–Crippen MR) is 79.3 cm³/mol. The van der Waals surface area contributed by atoms with Crippen molar-refractivity contribution in [2.45, 2.75) is 0 Å². The normalized spacial score (nSPS) is 14.8. The van der Waals surface area contributed by atoms with E-state index in [1.807, 2.05) is 36.4 Å². The van der Waals surface area contributed by atoms with Crippen LogP contribution in [0.3, 0.4) is 0 Å². The Kier molecular flexibility index (Phi) is 3.36. The third kappa shape index (κ3) is 2.25. The summed E-state index contributed by atoms with van der Waals surface area (Å²) in [4.78, 5) is 11.8. The molecule has 0 bridgehead atoms. The van der Waals surface area contributed by atoms with E-state index >= 15 is 0 Å². The van der Waals surface area contributed by atoms with Crippen LogP contribution in [0.4, 0.5) is 0 Å². The van der Waals surface area contributed by atoms with Gasteiger partial charge in [-0.1, -0.05) is 30.3 Å². The second-order valence-electron chi connectivity index (χ2n) is 4.53. The molecule has 0 N–H and O–H groups in total. The lowest BCUT2D eigenvalue weighted by Gasteiger charge is -2.10. The molecule has 0 aliphatic carbocycles. The SMILES string of the molecule is COc1cccc(/C=C2/OC(=O)c3ccccc32)c1OC. The number of benzene rings is 2. The van der Waals surface area contributed by atoms with Gasteiger partial charge in [0.25, 0.3) is 0 Å². The van der Waals surface area contributed by atoms with Crippen LogP contribution >= 0.6 is 0 Å². The molecule has 0 unspecified atom stereocenters. The fraction of sp³-hybridized carbons (Fsp3) is 0.118. The van der Waals surface area contributed by atoms with Crippen LogP contribution in [0.15, 0.2) is 42.5 Å². The van der Waals surface area contributed by atoms with E-state index in [2.05, 4.69) is 0 Å². The minimum Gasteiger partial charge on any atom is -0.493 e. The van der Waals surface area contributed by atoms with Gasteiger partial charge in [0, 0.05) is 11.1 Å². The van der Waals surface area contributed by atoms with Crippen LogP contribution in [-0.4, -0.2) is 20.2 Å². The minimum atomic E-state index is -0.335. The number of methoxy groups -OCH3 is 2. The van der Waals surface area contributed by atoms with Crippen molar-refractivity contribution in [2.75, 3.05) is 14.2 Å². The molecular weight excluding hydrogens is 268 g/mol. The summed E-state index contributed by atoms with van der Waals surface area (Å²) in [6, 6.07) is 12.8. The molecule has 0 spiro atoms. The van der Waals surface area contributed by atoms with Crippen molar-refractivity contribution in [1.82, 2.24) is 0 Å². The molecule has 2 aromatic carbocycles. The molecule has 0 radical (unpaired) electrons. The highest BCUT2D eigenvalue weighted by atomic mass is 16.5. The van der Waals surface area contributed by atoms with E-state index in [0.717, 1.165) is 11.1 Å². The lowest BCUT2D eigenvalue weighted by Crippen LogP contribution is -1.94. The number of cyclic esters (lactones) is 1. The van der Waals surface area contributed by atoms with E-state index < -0.39 is 0 Å². The number of rotatable bonds is 3. The number of esters is 1. The number of ether oxygens (including phenoxy) is 3. The van der Waals surface area contributed by atoms with Crippen molar-refractivity contribution in [3.05, 3.63) is 59.2 Å². The molecule has 0 saturated carbocycles. The van der Waals surface area contributed by atoms with Crippen molar-refractivity contribution in [1.29, 1.82) is 0 Å². The van der Waals surface area contributed by atoms with Crippen molar-refractivity contribution in [3.8, 4) is 11.5 Å². The van der Waals surface area contributed by atoms with Gasteiger partial charge in [-0.3, -0.25) is 0 Å². The monoisotopic (exact) mass is 282 g/mol. The molecule has 1 aliphatic rings. The first kappa shape index (κ1) is 13.2. The van der Waals surface area contributed by atoms with Crippen LogP contribution in [0.5, 0.6) is 11.5 Å². The summed E-state index contributed by atoms with van der Waals surface area (Å²) in [6.07, 6.45) is 1.78. The lowest BCUT2D eigenvalue weighted by molar-refractivity contribution is 0.0717. The van der Waals surface area contributed by atoms with Crippen molar-refractivity contribution >= 4 is 17.8 Å². The first-order chi connectivity index (χ1) is 10.2. The third-order valence-electron chi connectivity index (χ3n) is 3.34. The Morgan fingerprint density at radius 1 is 0.952 bits per heavy atom. The molecule has 4 heteroatoms. The molecule has 4 nitrogen and oxygen atoms in total. The summed E-state index contributed by atoms with van der Waals surface area (Å²) >= 11 is 0. The fourth-order valence-corrected chi connectivity index (χ4v) is 2.36. The number of carbonyl (C=O) groups is 1. The Morgan fingerprint density at radius 3 is 2.43 bits per heavy atom. The largest absolute Gasteiger partial charge is 0.493 e. The summed E-state index contributed by atoms with van der Waals surface area (Å²) in [5.74, 6) is 1.42. The number of hydrogen-bond acceptors (Lipinski definition) is 4. The molecule has 0 amide bonds. The molecule has 0 atom stereocenters. The van der Waals surface area contributed by atoms with Crippen molar-refractivity contribution in [2.24, 2.45) is 0 Å². The maximum Gasteiger partial charge on any atom is 0.344 e. The average Bonchev–Trinajstić information content (AvgIpc) is 2.84. The molecule has 0 saturated heterocycles. The van der Waals surface area contributed by atoms with Crippen LogP contribution in [0.25, 0.3) is 11.8 Å². The van der Waals surface area contributed by atoms with Gasteiger partial charge in [-0.2, -0.15) is 0 Å². The summed E-state index contributed by atoms with van der Waals surface area (Å²) in [5, 5.41) is 0. The molecule has 106 valence electrons. The van der Waals surface area contributed by atoms with Crippen LogP contribution in [0.1, 0.15) is 21.5 Å². The van der Waals surface area contributed by atoms with Crippen molar-refractivity contribution < 1.29 is 19.0 Å². The highest BCUT2D eigenvalue weighted by Gasteiger charge is 2.26. The number of carbonyl (C=O) groups excluding carboxylic acids is 1. The lowest BCUT2D eigenvalue weighted by atomic mass is 10.1. The maximum absolute atomic E-state index is 11.8. The summed E-state index contributed by atoms with van der Waals surface area (Å²) < 4.78 is 16.0. The Labute approximate surface area is 122 Å². The quantitative estimate of drug-likeness (QED) is 0.810. The smallest absolute Gasteiger partial charge is 0.344 e. The number of hydrogen-bond donors (Lipinski definition) is 0. The minimum absolute atomic E-state index is 0.335. The van der Waals surface area contributed by atoms with E-state index in [1.54, 1.807) is 26.4 Å². The van der Waals surface area contributed by atoms with E-state index in [9.17, 15) is 4.79 Å². The Balaban J connectivity index is 2.10. The number of para-hydroxylation sites is 1. The average molecular weight is 282 g/mol. The zero-order valence-electron chi connectivity index (χ0n) is 11.8. The van der Waals surface area contributed by atoms with Crippen LogP contribution in [0, 0.1) is 0 Å². The Morgan fingerprint density at radius 2 is 1.71 bits per heavy atom. The van der Waals surface area contributed by atoms with Gasteiger partial charge < -0.3 is 14.2 Å². The van der Waals surface area contributed by atoms with Crippen LogP contribution < -0.4 is 9.47 Å². The fourth-order valence-electron chi connectivity index (χ4n) is 2.36. The molecule has 3 rings (SSSR count). The van der Waals surface area contributed by atoms with Gasteiger partial charge in [-0.15, -0.1) is 0 Å². The van der Waals surface area contributed by atoms with Gasteiger partial charge in [0.15, 0.2) is 11.5 Å². The molecule has 0 aromatic heterocycles. The van der Waals surface area contributed by atoms with Crippen molar-refractivity contribution in [3.63, 3.8) is 0 Å². The Bertz CT molecular complexity index is 731. The molecule has 0 fully saturated rings. The zero-order valence-corrected chi connectivity index (χ0v) is 11.8. The Hall–Kier alpha value is -2.75. The van der Waals surface area contributed by atoms with Crippen LogP contribution in [0.2, 0.25) is 0 Å². The first-order valence-electron chi connectivity index (χ1n) is 6.49. The zero-order chi connectivity index (χ0) is 14.8. The van der Waals surface area contributed by atoms with Gasteiger partial charge in [0.05, 0.1) is 19.8 Å². The highest BCUT2D eigenvalue weighted by molar-refractivity contribution is 6.05. The first-order valence-corrected chi connectivity index (χ1v) is 6.49. The highest BCUT2D eigenvalue weighted by Crippen LogP contribution is 2.36. The molecule has 21 heavy (non-hydrogen) atoms. The summed E-state index contributed by atoms with van der Waals surface area (Å²) in [7, 11) is 3.16. The summed E-state index contributed by atoms with van der Waals surface area (Å²) in [6.45, 7) is 0. The van der Waals surface area contributed by atoms with Gasteiger partial charge in [0.1, 0.15) is 5.76 Å². The van der Waals surface area contributed by atoms with Gasteiger partial charge in [-0.05, 0) is 18.2 Å². The molecule has 1 aliphatic heterocycles. The number of fused-ring (bicyclic) bond motifs is 1. The molecule has 2 aromatic rings. The van der Waals surface area contributed by atoms with E-state index in [1.165, 1.54) is 0 Å². The molecule has 1 heterocycles. The predicted octanol–water partition coefficient (Wildman–Crippen LogP) is 3.37. The van der Waals surface area contributed by atoms with Gasteiger partial charge in [0.2, 0.25) is 0 Å². The maximum atomic E-state index is 11.8.